The van der Waals surface area contributed by atoms with Gasteiger partial charge in [-0.15, -0.1) is 0 Å². The van der Waals surface area contributed by atoms with Gasteiger partial charge >= 0.3 is 0 Å². The number of aromatic amines is 2. The number of fused-ring (bicyclic) bond motifs is 2. The van der Waals surface area contributed by atoms with Crippen molar-refractivity contribution in [2.45, 2.75) is 20.8 Å². The molecular weight excluding hydrogens is 458 g/mol. The van der Waals surface area contributed by atoms with Crippen LogP contribution in [0.25, 0.3) is 55.8 Å². The number of benzene rings is 1. The highest BCUT2D eigenvalue weighted by atomic mass is 32.1. The zero-order valence-electron chi connectivity index (χ0n) is 18.2. The van der Waals surface area contributed by atoms with Crippen molar-refractivity contribution in [2.24, 2.45) is 0 Å². The van der Waals surface area contributed by atoms with Gasteiger partial charge in [0.05, 0.1) is 28.3 Å². The monoisotopic (exact) mass is 481 g/mol. The number of hydrogen-bond acceptors (Lipinski definition) is 6. The third-order valence-electron chi connectivity index (χ3n) is 5.67. The number of nitrogens with zero attached hydrogens (tertiary/aromatic N) is 4. The van der Waals surface area contributed by atoms with Crippen LogP contribution in [0.1, 0.15) is 20.8 Å². The maximum atomic E-state index is 11.8. The number of imidazole rings is 1. The van der Waals surface area contributed by atoms with Crippen LogP contribution in [0.3, 0.4) is 0 Å². The SMILES string of the molecule is C.CCC(=O)Nc1cncc(-c2cnc3n[nH]c(-c4nc5c(-c6ccsc6)cccc5[nH]4)c3c2)c1. The van der Waals surface area contributed by atoms with Gasteiger partial charge in [0.1, 0.15) is 5.69 Å². The number of pyridine rings is 2. The Morgan fingerprint density at radius 2 is 1.97 bits per heavy atom. The normalized spacial score (nSPS) is 11.0. The third-order valence-corrected chi connectivity index (χ3v) is 6.35. The van der Waals surface area contributed by atoms with E-state index in [9.17, 15) is 4.79 Å². The summed E-state index contributed by atoms with van der Waals surface area (Å²) in [6.07, 6.45) is 5.54. The fourth-order valence-electron chi connectivity index (χ4n) is 3.95. The zero-order valence-corrected chi connectivity index (χ0v) is 19.0. The summed E-state index contributed by atoms with van der Waals surface area (Å²) in [7, 11) is 0. The first kappa shape index (κ1) is 22.4. The second kappa shape index (κ2) is 9.11. The minimum absolute atomic E-state index is 0. The maximum Gasteiger partial charge on any atom is 0.224 e. The average molecular weight is 482 g/mol. The Morgan fingerprint density at radius 1 is 1.09 bits per heavy atom. The summed E-state index contributed by atoms with van der Waals surface area (Å²) >= 11 is 1.66. The van der Waals surface area contributed by atoms with E-state index >= 15 is 0 Å². The van der Waals surface area contributed by atoms with Gasteiger partial charge < -0.3 is 10.3 Å². The Bertz CT molecular complexity index is 1650. The van der Waals surface area contributed by atoms with E-state index in [0.717, 1.165) is 44.4 Å². The molecule has 0 saturated carbocycles. The van der Waals surface area contributed by atoms with Gasteiger partial charge in [0.15, 0.2) is 11.5 Å². The summed E-state index contributed by atoms with van der Waals surface area (Å²) in [4.78, 5) is 28.9. The van der Waals surface area contributed by atoms with Gasteiger partial charge in [0, 0.05) is 35.5 Å². The first-order chi connectivity index (χ1) is 16.7. The van der Waals surface area contributed by atoms with Crippen LogP contribution in [0.4, 0.5) is 5.69 Å². The Balaban J connectivity index is 0.00000253. The van der Waals surface area contributed by atoms with Crippen LogP contribution < -0.4 is 5.32 Å². The summed E-state index contributed by atoms with van der Waals surface area (Å²) in [6.45, 7) is 1.81. The van der Waals surface area contributed by atoms with Crippen molar-refractivity contribution in [3.63, 3.8) is 0 Å². The van der Waals surface area contributed by atoms with Crippen LogP contribution in [0.5, 0.6) is 0 Å². The van der Waals surface area contributed by atoms with Crippen LogP contribution in [0.2, 0.25) is 0 Å². The number of amides is 1. The lowest BCUT2D eigenvalue weighted by Gasteiger charge is -2.06. The van der Waals surface area contributed by atoms with Gasteiger partial charge in [0.2, 0.25) is 5.91 Å². The van der Waals surface area contributed by atoms with E-state index in [4.69, 9.17) is 4.98 Å². The van der Waals surface area contributed by atoms with Crippen molar-refractivity contribution in [3.05, 3.63) is 65.7 Å². The lowest BCUT2D eigenvalue weighted by atomic mass is 10.1. The summed E-state index contributed by atoms with van der Waals surface area (Å²) in [5.74, 6) is 0.637. The second-order valence-corrected chi connectivity index (χ2v) is 8.64. The quantitative estimate of drug-likeness (QED) is 0.268. The highest BCUT2D eigenvalue weighted by Gasteiger charge is 2.16. The first-order valence-corrected chi connectivity index (χ1v) is 11.7. The smallest absolute Gasteiger partial charge is 0.224 e. The summed E-state index contributed by atoms with van der Waals surface area (Å²) in [5.41, 5.74) is 7.82. The second-order valence-electron chi connectivity index (χ2n) is 7.86. The van der Waals surface area contributed by atoms with Gasteiger partial charge in [-0.2, -0.15) is 16.4 Å². The lowest BCUT2D eigenvalue weighted by molar-refractivity contribution is -0.115. The average Bonchev–Trinajstić information content (AvgIpc) is 3.62. The first-order valence-electron chi connectivity index (χ1n) is 10.8. The summed E-state index contributed by atoms with van der Waals surface area (Å²) < 4.78 is 0. The van der Waals surface area contributed by atoms with E-state index < -0.39 is 0 Å². The van der Waals surface area contributed by atoms with Crippen LogP contribution in [-0.4, -0.2) is 36.0 Å². The van der Waals surface area contributed by atoms with E-state index in [1.54, 1.807) is 29.9 Å². The van der Waals surface area contributed by atoms with Crippen molar-refractivity contribution < 1.29 is 4.79 Å². The molecule has 6 aromatic rings. The number of H-pyrrole nitrogens is 2. The molecule has 3 N–H and O–H groups in total. The zero-order chi connectivity index (χ0) is 23.1. The van der Waals surface area contributed by atoms with Crippen molar-refractivity contribution >= 4 is 45.0 Å². The third kappa shape index (κ3) is 4.06. The molecule has 0 bridgehead atoms. The fraction of sp³-hybridized carbons (Fsp3) is 0.115. The minimum Gasteiger partial charge on any atom is -0.337 e. The fourth-order valence-corrected chi connectivity index (χ4v) is 4.61. The van der Waals surface area contributed by atoms with Crippen LogP contribution in [0.15, 0.2) is 65.7 Å². The molecule has 0 atom stereocenters. The molecule has 35 heavy (non-hydrogen) atoms. The molecule has 0 aliphatic rings. The van der Waals surface area contributed by atoms with Crippen molar-refractivity contribution in [2.75, 3.05) is 5.32 Å². The molecule has 9 heteroatoms. The Hall–Kier alpha value is -4.37. The molecule has 0 aliphatic carbocycles. The molecule has 5 aromatic heterocycles. The van der Waals surface area contributed by atoms with Gasteiger partial charge in [-0.3, -0.25) is 14.9 Å². The van der Waals surface area contributed by atoms with Crippen molar-refractivity contribution in [1.82, 2.24) is 30.1 Å². The molecule has 5 heterocycles. The molecule has 6 rings (SSSR count). The standard InChI is InChI=1S/C25H19N7OS.CH4/c1-2-21(33)28-17-8-15(10-26-12-17)16-9-19-23(31-32-24(19)27-11-16)25-29-20-5-3-4-18(22(20)30-25)14-6-7-34-13-14;/h3-13H,2H2,1H3,(H,28,33)(H,29,30)(H,27,31,32);1H4. The molecule has 0 saturated heterocycles. The number of thiophene rings is 1. The molecule has 1 aromatic carbocycles. The molecule has 1 amide bonds. The Morgan fingerprint density at radius 3 is 2.80 bits per heavy atom. The number of anilines is 1. The minimum atomic E-state index is -0.0589. The number of nitrogens with one attached hydrogen (secondary N) is 3. The number of aromatic nitrogens is 6. The molecular formula is C26H23N7OS. The van der Waals surface area contributed by atoms with E-state index in [0.29, 0.717) is 23.6 Å². The Kier molecular flexibility index (Phi) is 5.84. The number of carbonyl (C=O) groups is 1. The molecule has 0 fully saturated rings. The highest BCUT2D eigenvalue weighted by Crippen LogP contribution is 2.33. The van der Waals surface area contributed by atoms with E-state index in [1.807, 2.05) is 31.2 Å². The lowest BCUT2D eigenvalue weighted by Crippen LogP contribution is -2.09. The predicted octanol–water partition coefficient (Wildman–Crippen LogP) is 6.28. The molecule has 174 valence electrons. The molecule has 8 nitrogen and oxygen atoms in total. The maximum absolute atomic E-state index is 11.8. The molecule has 0 aliphatic heterocycles. The molecule has 0 radical (unpaired) electrons. The Labute approximate surface area is 205 Å². The predicted molar refractivity (Wildman–Crippen MR) is 141 cm³/mol. The van der Waals surface area contributed by atoms with Gasteiger partial charge in [-0.25, -0.2) is 9.97 Å². The van der Waals surface area contributed by atoms with Gasteiger partial charge in [-0.05, 0) is 40.6 Å². The van der Waals surface area contributed by atoms with Crippen LogP contribution in [-0.2, 0) is 4.79 Å². The van der Waals surface area contributed by atoms with E-state index in [-0.39, 0.29) is 13.3 Å². The number of hydrogen-bond donors (Lipinski definition) is 3. The van der Waals surface area contributed by atoms with Crippen molar-refractivity contribution in [3.8, 4) is 33.8 Å². The summed E-state index contributed by atoms with van der Waals surface area (Å²) in [5, 5.41) is 15.3. The number of rotatable bonds is 5. The molecule has 0 unspecified atom stereocenters. The van der Waals surface area contributed by atoms with E-state index in [2.05, 4.69) is 53.4 Å². The van der Waals surface area contributed by atoms with Gasteiger partial charge in [0.25, 0.3) is 0 Å². The number of para-hydroxylation sites is 1. The number of carbonyl (C=O) groups excluding carboxylic acids is 1. The van der Waals surface area contributed by atoms with Crippen molar-refractivity contribution in [1.29, 1.82) is 0 Å². The largest absolute Gasteiger partial charge is 0.337 e. The van der Waals surface area contributed by atoms with Crippen LogP contribution in [0, 0.1) is 0 Å². The topological polar surface area (TPSA) is 112 Å². The highest BCUT2D eigenvalue weighted by molar-refractivity contribution is 7.08. The van der Waals surface area contributed by atoms with Crippen LogP contribution >= 0.6 is 11.3 Å². The van der Waals surface area contributed by atoms with E-state index in [1.165, 1.54) is 0 Å². The molecule has 0 spiro atoms. The van der Waals surface area contributed by atoms with Gasteiger partial charge in [-0.1, -0.05) is 26.5 Å². The summed E-state index contributed by atoms with van der Waals surface area (Å²) in [6, 6.07) is 12.1.